The van der Waals surface area contributed by atoms with E-state index in [9.17, 15) is 4.79 Å². The van der Waals surface area contributed by atoms with Crippen molar-refractivity contribution in [3.8, 4) is 0 Å². The summed E-state index contributed by atoms with van der Waals surface area (Å²) in [5.41, 5.74) is 8.04. The van der Waals surface area contributed by atoms with Crippen LogP contribution < -0.4 is 16.6 Å². The van der Waals surface area contributed by atoms with Crippen molar-refractivity contribution < 1.29 is 0 Å². The van der Waals surface area contributed by atoms with Gasteiger partial charge in [-0.2, -0.15) is 0 Å². The molecule has 1 aliphatic carbocycles. The first-order chi connectivity index (χ1) is 12.1. The third-order valence-electron chi connectivity index (χ3n) is 4.82. The molecule has 25 heavy (non-hydrogen) atoms. The molecule has 132 valence electrons. The van der Waals surface area contributed by atoms with Gasteiger partial charge < -0.3 is 16.0 Å². The second-order valence-corrected chi connectivity index (χ2v) is 8.21. The number of nitrogens with two attached hydrogens (primary N) is 1. The Morgan fingerprint density at radius 1 is 1.36 bits per heavy atom. The van der Waals surface area contributed by atoms with E-state index in [1.807, 2.05) is 5.38 Å². The lowest BCUT2D eigenvalue weighted by Crippen LogP contribution is -2.28. The number of aromatic amines is 1. The van der Waals surface area contributed by atoms with E-state index in [4.69, 9.17) is 22.3 Å². The fraction of sp³-hybridized carbons (Fsp3) is 0.471. The molecule has 1 saturated carbocycles. The molecule has 3 heterocycles. The normalized spacial score (nSPS) is 20.6. The number of H-pyrrole nitrogens is 1. The predicted molar refractivity (Wildman–Crippen MR) is 99.8 cm³/mol. The summed E-state index contributed by atoms with van der Waals surface area (Å²) >= 11 is 7.92. The van der Waals surface area contributed by atoms with Crippen LogP contribution in [0, 0.1) is 0 Å². The maximum absolute atomic E-state index is 12.2. The van der Waals surface area contributed by atoms with Crippen LogP contribution in [-0.4, -0.2) is 28.0 Å². The van der Waals surface area contributed by atoms with E-state index in [2.05, 4.69) is 15.3 Å². The highest BCUT2D eigenvalue weighted by Crippen LogP contribution is 2.52. The van der Waals surface area contributed by atoms with Crippen LogP contribution in [0.5, 0.6) is 0 Å². The molecule has 0 amide bonds. The highest BCUT2D eigenvalue weighted by Gasteiger charge is 2.44. The number of nitrogens with one attached hydrogen (secondary N) is 2. The molecule has 0 bridgehead atoms. The van der Waals surface area contributed by atoms with Crippen molar-refractivity contribution in [3.05, 3.63) is 50.2 Å². The highest BCUT2D eigenvalue weighted by molar-refractivity contribution is 7.10. The van der Waals surface area contributed by atoms with Gasteiger partial charge in [-0.3, -0.25) is 4.79 Å². The summed E-state index contributed by atoms with van der Waals surface area (Å²) in [5.74, 6) is 0.773. The molecule has 2 fully saturated rings. The number of aromatic nitrogens is 3. The van der Waals surface area contributed by atoms with Crippen LogP contribution in [-0.2, 0) is 4.87 Å². The van der Waals surface area contributed by atoms with E-state index in [0.717, 1.165) is 55.2 Å². The Bertz CT molecular complexity index is 864. The van der Waals surface area contributed by atoms with Gasteiger partial charge in [0.1, 0.15) is 10.8 Å². The lowest BCUT2D eigenvalue weighted by atomic mass is 9.94. The molecule has 2 aromatic rings. The van der Waals surface area contributed by atoms with E-state index in [1.165, 1.54) is 17.5 Å². The number of halogens is 1. The van der Waals surface area contributed by atoms with Crippen molar-refractivity contribution in [1.82, 2.24) is 20.3 Å². The fourth-order valence-corrected chi connectivity index (χ4v) is 4.35. The maximum Gasteiger partial charge on any atom is 0.251 e. The molecule has 1 aliphatic heterocycles. The molecule has 8 heteroatoms. The Morgan fingerprint density at radius 3 is 2.80 bits per heavy atom. The second-order valence-electron chi connectivity index (χ2n) is 6.63. The van der Waals surface area contributed by atoms with Gasteiger partial charge in [0.15, 0.2) is 0 Å². The van der Waals surface area contributed by atoms with Gasteiger partial charge >= 0.3 is 0 Å². The van der Waals surface area contributed by atoms with Gasteiger partial charge in [0, 0.05) is 23.6 Å². The van der Waals surface area contributed by atoms with Crippen molar-refractivity contribution in [2.24, 2.45) is 5.73 Å². The molecule has 0 unspecified atom stereocenters. The summed E-state index contributed by atoms with van der Waals surface area (Å²) in [6.07, 6.45) is 5.31. The Kier molecular flexibility index (Phi) is 4.39. The Labute approximate surface area is 154 Å². The van der Waals surface area contributed by atoms with Gasteiger partial charge in [0.25, 0.3) is 5.56 Å². The summed E-state index contributed by atoms with van der Waals surface area (Å²) in [6, 6.07) is 1.60. The highest BCUT2D eigenvalue weighted by atomic mass is 35.5. The number of hydrogen-bond acceptors (Lipinski definition) is 6. The van der Waals surface area contributed by atoms with Crippen LogP contribution in [0.4, 0.5) is 0 Å². The Balaban J connectivity index is 1.68. The van der Waals surface area contributed by atoms with E-state index >= 15 is 0 Å². The van der Waals surface area contributed by atoms with Crippen LogP contribution in [0.2, 0.25) is 0 Å². The van der Waals surface area contributed by atoms with E-state index in [-0.39, 0.29) is 10.4 Å². The topological polar surface area (TPSA) is 96.7 Å². The number of alkyl halides is 1. The molecule has 2 aliphatic rings. The largest absolute Gasteiger partial charge is 0.404 e. The van der Waals surface area contributed by atoms with E-state index in [0.29, 0.717) is 17.3 Å². The summed E-state index contributed by atoms with van der Waals surface area (Å²) in [5, 5.41) is 6.03. The van der Waals surface area contributed by atoms with Gasteiger partial charge in [-0.25, -0.2) is 9.97 Å². The van der Waals surface area contributed by atoms with E-state index in [1.54, 1.807) is 6.07 Å². The number of rotatable bonds is 4. The van der Waals surface area contributed by atoms with Crippen molar-refractivity contribution >= 4 is 28.5 Å². The summed E-state index contributed by atoms with van der Waals surface area (Å²) in [6.45, 7) is 1.89. The zero-order valence-corrected chi connectivity index (χ0v) is 15.3. The average molecular weight is 378 g/mol. The van der Waals surface area contributed by atoms with Gasteiger partial charge in [-0.1, -0.05) is 0 Å². The zero-order chi connectivity index (χ0) is 17.4. The molecule has 0 radical (unpaired) electrons. The monoisotopic (exact) mass is 377 g/mol. The molecule has 1 saturated heterocycles. The SMILES string of the molecule is NC=C(c1nc(C2CCNCC2)cc(=O)[nH]1)c1nc(C2(Cl)CC2)cs1. The Morgan fingerprint density at radius 2 is 2.12 bits per heavy atom. The number of nitrogens with zero attached hydrogens (tertiary/aromatic N) is 2. The zero-order valence-electron chi connectivity index (χ0n) is 13.7. The molecular formula is C17H20ClN5OS. The van der Waals surface area contributed by atoms with Crippen LogP contribution >= 0.6 is 22.9 Å². The predicted octanol–water partition coefficient (Wildman–Crippen LogP) is 2.27. The minimum absolute atomic E-state index is 0.161. The maximum atomic E-state index is 12.2. The van der Waals surface area contributed by atoms with Crippen molar-refractivity contribution in [2.75, 3.05) is 13.1 Å². The lowest BCUT2D eigenvalue weighted by Gasteiger charge is -2.22. The molecule has 0 atom stereocenters. The first kappa shape index (κ1) is 16.8. The first-order valence-electron chi connectivity index (χ1n) is 8.48. The lowest BCUT2D eigenvalue weighted by molar-refractivity contribution is 0.452. The summed E-state index contributed by atoms with van der Waals surface area (Å²) in [4.78, 5) is 24.0. The van der Waals surface area contributed by atoms with E-state index < -0.39 is 0 Å². The van der Waals surface area contributed by atoms with Gasteiger partial charge in [-0.15, -0.1) is 22.9 Å². The molecule has 2 aromatic heterocycles. The quantitative estimate of drug-likeness (QED) is 0.710. The number of hydrogen-bond donors (Lipinski definition) is 3. The molecule has 4 N–H and O–H groups in total. The molecule has 0 spiro atoms. The summed E-state index contributed by atoms with van der Waals surface area (Å²) < 4.78 is 0. The molecule has 4 rings (SSSR count). The van der Waals surface area contributed by atoms with Crippen LogP contribution in [0.15, 0.2) is 22.4 Å². The minimum Gasteiger partial charge on any atom is -0.404 e. The third-order valence-corrected chi connectivity index (χ3v) is 6.27. The van der Waals surface area contributed by atoms with Gasteiger partial charge in [0.2, 0.25) is 0 Å². The van der Waals surface area contributed by atoms with Crippen molar-refractivity contribution in [1.29, 1.82) is 0 Å². The second kappa shape index (κ2) is 6.55. The van der Waals surface area contributed by atoms with Crippen LogP contribution in [0.25, 0.3) is 5.57 Å². The first-order valence-corrected chi connectivity index (χ1v) is 9.74. The third kappa shape index (κ3) is 3.36. The van der Waals surface area contributed by atoms with Gasteiger partial charge in [0.05, 0.1) is 21.8 Å². The summed E-state index contributed by atoms with van der Waals surface area (Å²) in [7, 11) is 0. The smallest absolute Gasteiger partial charge is 0.251 e. The Hall–Kier alpha value is -1.70. The van der Waals surface area contributed by atoms with Crippen LogP contribution in [0.3, 0.4) is 0 Å². The standard InChI is InChI=1S/C17H20ClN5OS/c18-17(3-4-17)13-9-25-16(22-13)11(8-19)15-21-12(7-14(24)23-15)10-1-5-20-6-2-10/h7-10,20H,1-6,19H2,(H,21,23,24). The molecule has 0 aromatic carbocycles. The van der Waals surface area contributed by atoms with Crippen LogP contribution in [0.1, 0.15) is 53.8 Å². The number of piperidine rings is 1. The average Bonchev–Trinajstić information content (AvgIpc) is 3.18. The van der Waals surface area contributed by atoms with Gasteiger partial charge in [-0.05, 0) is 38.8 Å². The molecule has 6 nitrogen and oxygen atoms in total. The van der Waals surface area contributed by atoms with Crippen molar-refractivity contribution in [3.63, 3.8) is 0 Å². The number of thiazole rings is 1. The van der Waals surface area contributed by atoms with Crippen molar-refractivity contribution in [2.45, 2.75) is 36.5 Å². The minimum atomic E-state index is -0.313. The molecular weight excluding hydrogens is 358 g/mol. The fourth-order valence-electron chi connectivity index (χ4n) is 3.15.